The first-order valence-corrected chi connectivity index (χ1v) is 6.15. The van der Waals surface area contributed by atoms with Crippen LogP contribution in [0.25, 0.3) is 16.1 Å². The van der Waals surface area contributed by atoms with Crippen LogP contribution in [0.3, 0.4) is 0 Å². The van der Waals surface area contributed by atoms with Gasteiger partial charge in [-0.3, -0.25) is 0 Å². The average molecular weight is 241 g/mol. The van der Waals surface area contributed by atoms with Crippen molar-refractivity contribution in [3.63, 3.8) is 0 Å². The predicted octanol–water partition coefficient (Wildman–Crippen LogP) is 3.18. The molecule has 17 heavy (non-hydrogen) atoms. The number of hydrogen-bond donors (Lipinski definition) is 1. The Morgan fingerprint density at radius 1 is 1.12 bits per heavy atom. The Balaban J connectivity index is 2.01. The minimum Gasteiger partial charge on any atom is -0.399 e. The Kier molecular flexibility index (Phi) is 2.42. The van der Waals surface area contributed by atoms with Crippen LogP contribution in [0.15, 0.2) is 54.2 Å². The highest BCUT2D eigenvalue weighted by molar-refractivity contribution is 7.12. The summed E-state index contributed by atoms with van der Waals surface area (Å²) >= 11 is 1.66. The number of thiophene rings is 1. The number of benzene rings is 1. The molecule has 0 aliphatic heterocycles. The van der Waals surface area contributed by atoms with Gasteiger partial charge in [0.1, 0.15) is 5.00 Å². The standard InChI is InChI=1S/C13H11N3S/c14-12-4-1-3-10(7-12)11-8-15-16(9-11)13-5-2-6-17-13/h1-9H,14H2. The summed E-state index contributed by atoms with van der Waals surface area (Å²) in [6.45, 7) is 0. The van der Waals surface area contributed by atoms with Gasteiger partial charge in [-0.2, -0.15) is 5.10 Å². The summed E-state index contributed by atoms with van der Waals surface area (Å²) in [6, 6.07) is 11.9. The fourth-order valence-corrected chi connectivity index (χ4v) is 2.37. The molecule has 3 rings (SSSR count). The molecule has 0 atom stereocenters. The Labute approximate surface area is 103 Å². The lowest BCUT2D eigenvalue weighted by atomic mass is 10.1. The molecule has 2 N–H and O–H groups in total. The van der Waals surface area contributed by atoms with E-state index in [-0.39, 0.29) is 0 Å². The second kappa shape index (κ2) is 4.07. The Morgan fingerprint density at radius 2 is 2.06 bits per heavy atom. The molecule has 0 radical (unpaired) electrons. The van der Waals surface area contributed by atoms with E-state index in [1.807, 2.05) is 58.9 Å². The fourth-order valence-electron chi connectivity index (χ4n) is 1.71. The highest BCUT2D eigenvalue weighted by Crippen LogP contribution is 2.23. The van der Waals surface area contributed by atoms with Gasteiger partial charge in [0, 0.05) is 17.4 Å². The zero-order valence-electron chi connectivity index (χ0n) is 9.08. The average Bonchev–Trinajstić information content (AvgIpc) is 3.00. The van der Waals surface area contributed by atoms with Crippen molar-refractivity contribution in [2.24, 2.45) is 0 Å². The number of nitrogens with two attached hydrogens (primary N) is 1. The monoisotopic (exact) mass is 241 g/mol. The molecule has 2 heterocycles. The van der Waals surface area contributed by atoms with E-state index in [1.165, 1.54) is 0 Å². The smallest absolute Gasteiger partial charge is 0.117 e. The quantitative estimate of drug-likeness (QED) is 0.700. The largest absolute Gasteiger partial charge is 0.399 e. The number of hydrogen-bond acceptors (Lipinski definition) is 3. The van der Waals surface area contributed by atoms with E-state index in [1.54, 1.807) is 11.3 Å². The van der Waals surface area contributed by atoms with Crippen LogP contribution in [0.2, 0.25) is 0 Å². The second-order valence-corrected chi connectivity index (χ2v) is 4.68. The first-order chi connectivity index (χ1) is 8.33. The number of anilines is 1. The summed E-state index contributed by atoms with van der Waals surface area (Å²) in [6.07, 6.45) is 3.87. The molecular formula is C13H11N3S. The number of rotatable bonds is 2. The van der Waals surface area contributed by atoms with Crippen LogP contribution < -0.4 is 5.73 Å². The van der Waals surface area contributed by atoms with E-state index in [2.05, 4.69) is 5.10 Å². The normalized spacial score (nSPS) is 10.6. The molecule has 4 heteroatoms. The predicted molar refractivity (Wildman–Crippen MR) is 71.3 cm³/mol. The summed E-state index contributed by atoms with van der Waals surface area (Å²) in [5.74, 6) is 0. The van der Waals surface area contributed by atoms with Crippen LogP contribution >= 0.6 is 11.3 Å². The topological polar surface area (TPSA) is 43.8 Å². The maximum atomic E-state index is 5.77. The minimum atomic E-state index is 0.770. The van der Waals surface area contributed by atoms with E-state index in [0.717, 1.165) is 21.8 Å². The second-order valence-electron chi connectivity index (χ2n) is 3.75. The molecule has 0 aliphatic rings. The maximum absolute atomic E-state index is 5.77. The first-order valence-electron chi connectivity index (χ1n) is 5.27. The lowest BCUT2D eigenvalue weighted by molar-refractivity contribution is 0.898. The van der Waals surface area contributed by atoms with Gasteiger partial charge in [-0.25, -0.2) is 4.68 Å². The van der Waals surface area contributed by atoms with Gasteiger partial charge in [-0.1, -0.05) is 12.1 Å². The van der Waals surface area contributed by atoms with Gasteiger partial charge >= 0.3 is 0 Å². The van der Waals surface area contributed by atoms with Crippen molar-refractivity contribution in [3.05, 3.63) is 54.2 Å². The lowest BCUT2D eigenvalue weighted by Crippen LogP contribution is -1.88. The van der Waals surface area contributed by atoms with Crippen molar-refractivity contribution in [2.75, 3.05) is 5.73 Å². The summed E-state index contributed by atoms with van der Waals surface area (Å²) in [7, 11) is 0. The molecule has 0 unspecified atom stereocenters. The third-order valence-corrected chi connectivity index (χ3v) is 3.39. The van der Waals surface area contributed by atoms with Crippen LogP contribution in [0.1, 0.15) is 0 Å². The molecule has 0 saturated carbocycles. The minimum absolute atomic E-state index is 0.770. The number of nitrogens with zero attached hydrogens (tertiary/aromatic N) is 2. The third kappa shape index (κ3) is 1.94. The van der Waals surface area contributed by atoms with Crippen molar-refractivity contribution in [2.45, 2.75) is 0 Å². The van der Waals surface area contributed by atoms with Gasteiger partial charge in [0.05, 0.1) is 6.20 Å². The zero-order valence-corrected chi connectivity index (χ0v) is 9.89. The Hall–Kier alpha value is -2.07. The van der Waals surface area contributed by atoms with E-state index in [4.69, 9.17) is 5.73 Å². The Bertz CT molecular complexity index is 626. The summed E-state index contributed by atoms with van der Waals surface area (Å²) in [4.78, 5) is 0. The van der Waals surface area contributed by atoms with Crippen molar-refractivity contribution < 1.29 is 0 Å². The number of aromatic nitrogens is 2. The third-order valence-electron chi connectivity index (χ3n) is 2.53. The molecule has 2 aromatic heterocycles. The molecule has 1 aromatic carbocycles. The molecule has 84 valence electrons. The van der Waals surface area contributed by atoms with E-state index in [0.29, 0.717) is 0 Å². The molecule has 0 amide bonds. The molecular weight excluding hydrogens is 230 g/mol. The lowest BCUT2D eigenvalue weighted by Gasteiger charge is -1.98. The van der Waals surface area contributed by atoms with Crippen molar-refractivity contribution >= 4 is 17.0 Å². The fraction of sp³-hybridized carbons (Fsp3) is 0. The molecule has 0 aliphatic carbocycles. The van der Waals surface area contributed by atoms with Crippen LogP contribution in [0.4, 0.5) is 5.69 Å². The van der Waals surface area contributed by atoms with Gasteiger partial charge < -0.3 is 5.73 Å². The SMILES string of the molecule is Nc1cccc(-c2cnn(-c3cccs3)c2)c1. The van der Waals surface area contributed by atoms with Crippen LogP contribution in [0.5, 0.6) is 0 Å². The van der Waals surface area contributed by atoms with Gasteiger partial charge in [0.25, 0.3) is 0 Å². The molecule has 3 nitrogen and oxygen atoms in total. The van der Waals surface area contributed by atoms with Crippen LogP contribution in [-0.2, 0) is 0 Å². The van der Waals surface area contributed by atoms with Gasteiger partial charge in [-0.05, 0) is 35.2 Å². The highest BCUT2D eigenvalue weighted by atomic mass is 32.1. The van der Waals surface area contributed by atoms with Crippen molar-refractivity contribution in [1.29, 1.82) is 0 Å². The van der Waals surface area contributed by atoms with Gasteiger partial charge in [0.2, 0.25) is 0 Å². The number of nitrogen functional groups attached to an aromatic ring is 1. The van der Waals surface area contributed by atoms with Gasteiger partial charge in [0.15, 0.2) is 0 Å². The Morgan fingerprint density at radius 3 is 2.82 bits per heavy atom. The van der Waals surface area contributed by atoms with Gasteiger partial charge in [-0.15, -0.1) is 11.3 Å². The highest BCUT2D eigenvalue weighted by Gasteiger charge is 2.03. The summed E-state index contributed by atoms with van der Waals surface area (Å²) < 4.78 is 1.88. The van der Waals surface area contributed by atoms with Crippen molar-refractivity contribution in [3.8, 4) is 16.1 Å². The maximum Gasteiger partial charge on any atom is 0.117 e. The van der Waals surface area contributed by atoms with E-state index in [9.17, 15) is 0 Å². The zero-order chi connectivity index (χ0) is 11.7. The molecule has 0 spiro atoms. The summed E-state index contributed by atoms with van der Waals surface area (Å²) in [5, 5.41) is 7.50. The van der Waals surface area contributed by atoms with Crippen LogP contribution in [0, 0.1) is 0 Å². The molecule has 0 fully saturated rings. The van der Waals surface area contributed by atoms with E-state index < -0.39 is 0 Å². The first kappa shape index (κ1) is 10.1. The van der Waals surface area contributed by atoms with Crippen molar-refractivity contribution in [1.82, 2.24) is 9.78 Å². The van der Waals surface area contributed by atoms with Crippen LogP contribution in [-0.4, -0.2) is 9.78 Å². The summed E-state index contributed by atoms with van der Waals surface area (Å²) in [5.41, 5.74) is 8.71. The molecule has 0 saturated heterocycles. The molecule has 0 bridgehead atoms. The van der Waals surface area contributed by atoms with E-state index >= 15 is 0 Å². The molecule has 3 aromatic rings.